The minimum absolute atomic E-state index is 0.246. The van der Waals surface area contributed by atoms with Gasteiger partial charge in [-0.15, -0.1) is 0 Å². The lowest BCUT2D eigenvalue weighted by Gasteiger charge is -2.31. The van der Waals surface area contributed by atoms with Crippen molar-refractivity contribution in [1.29, 1.82) is 0 Å². The lowest BCUT2D eigenvalue weighted by atomic mass is 9.93. The quantitative estimate of drug-likeness (QED) is 0.808. The maximum absolute atomic E-state index is 10.8. The topological polar surface area (TPSA) is 79.5 Å². The molecule has 0 saturated carbocycles. The van der Waals surface area contributed by atoms with Gasteiger partial charge in [0, 0.05) is 18.5 Å². The summed E-state index contributed by atoms with van der Waals surface area (Å²) in [6.45, 7) is 6.85. The number of carbonyl (C=O) groups is 1. The third-order valence-corrected chi connectivity index (χ3v) is 5.03. The van der Waals surface area contributed by atoms with Crippen LogP contribution in [0.4, 0.5) is 0 Å². The molecule has 26 heavy (non-hydrogen) atoms. The molecule has 3 rings (SSSR count). The van der Waals surface area contributed by atoms with Crippen LogP contribution in [0.25, 0.3) is 11.4 Å². The third kappa shape index (κ3) is 4.91. The van der Waals surface area contributed by atoms with Gasteiger partial charge in [0.1, 0.15) is 0 Å². The number of aliphatic carboxylic acids is 1. The van der Waals surface area contributed by atoms with E-state index in [4.69, 9.17) is 9.63 Å². The summed E-state index contributed by atoms with van der Waals surface area (Å²) in [6.07, 6.45) is 3.17. The molecule has 1 aromatic carbocycles. The Labute approximate surface area is 154 Å². The lowest BCUT2D eigenvalue weighted by molar-refractivity contribution is -0.137. The van der Waals surface area contributed by atoms with Crippen LogP contribution < -0.4 is 0 Å². The molecule has 0 spiro atoms. The number of hydrogen-bond donors (Lipinski definition) is 1. The van der Waals surface area contributed by atoms with Crippen LogP contribution in [0.5, 0.6) is 0 Å². The van der Waals surface area contributed by atoms with Gasteiger partial charge in [-0.1, -0.05) is 43.3 Å². The number of aromatic nitrogens is 2. The summed E-state index contributed by atoms with van der Waals surface area (Å²) in [5.41, 5.74) is 2.25. The molecule has 0 radical (unpaired) electrons. The van der Waals surface area contributed by atoms with Crippen molar-refractivity contribution in [2.24, 2.45) is 5.92 Å². The van der Waals surface area contributed by atoms with E-state index in [-0.39, 0.29) is 6.42 Å². The van der Waals surface area contributed by atoms with Crippen molar-refractivity contribution in [3.8, 4) is 11.4 Å². The van der Waals surface area contributed by atoms with Crippen LogP contribution in [0.15, 0.2) is 28.8 Å². The molecule has 0 aliphatic carbocycles. The van der Waals surface area contributed by atoms with Gasteiger partial charge in [0.25, 0.3) is 0 Å². The number of likely N-dealkylation sites (tertiary alicyclic amines) is 1. The number of nitrogens with zero attached hydrogens (tertiary/aromatic N) is 3. The van der Waals surface area contributed by atoms with Crippen LogP contribution in [0.1, 0.15) is 56.9 Å². The molecule has 1 aliphatic heterocycles. The molecule has 6 nitrogen and oxygen atoms in total. The normalized spacial score (nSPS) is 18.3. The number of piperidine rings is 1. The Bertz CT molecular complexity index is 724. The van der Waals surface area contributed by atoms with Crippen molar-refractivity contribution in [3.05, 3.63) is 35.7 Å². The predicted octanol–water partition coefficient (Wildman–Crippen LogP) is 3.94. The first kappa shape index (κ1) is 18.6. The second kappa shape index (κ2) is 8.45. The maximum atomic E-state index is 10.8. The van der Waals surface area contributed by atoms with E-state index in [0.29, 0.717) is 30.1 Å². The standard InChI is InChI=1S/C20H27N3O3/c1-14(2)16-6-8-17(9-7-16)20-21-18(26-22-20)13-23-11-3-4-15(12-23)5-10-19(24)25/h6-9,14-15H,3-5,10-13H2,1-2H3,(H,24,25). The van der Waals surface area contributed by atoms with E-state index in [1.807, 2.05) is 12.1 Å². The van der Waals surface area contributed by atoms with Crippen molar-refractivity contribution in [2.45, 2.75) is 52.0 Å². The smallest absolute Gasteiger partial charge is 0.303 e. The van der Waals surface area contributed by atoms with E-state index in [2.05, 4.69) is 41.0 Å². The zero-order valence-corrected chi connectivity index (χ0v) is 15.5. The highest BCUT2D eigenvalue weighted by Crippen LogP contribution is 2.24. The molecule has 2 aromatic rings. The molecule has 1 N–H and O–H groups in total. The molecule has 1 atom stereocenters. The number of rotatable bonds is 7. The molecule has 1 unspecified atom stereocenters. The van der Waals surface area contributed by atoms with Crippen LogP contribution in [0, 0.1) is 5.92 Å². The van der Waals surface area contributed by atoms with Crippen LogP contribution in [-0.2, 0) is 11.3 Å². The molecule has 0 bridgehead atoms. The van der Waals surface area contributed by atoms with Gasteiger partial charge in [0.2, 0.25) is 11.7 Å². The monoisotopic (exact) mass is 357 g/mol. The predicted molar refractivity (Wildman–Crippen MR) is 98.7 cm³/mol. The van der Waals surface area contributed by atoms with Crippen LogP contribution in [0.2, 0.25) is 0 Å². The second-order valence-electron chi connectivity index (χ2n) is 7.46. The van der Waals surface area contributed by atoms with Crippen LogP contribution in [-0.4, -0.2) is 39.2 Å². The fourth-order valence-electron chi connectivity index (χ4n) is 3.50. The zero-order chi connectivity index (χ0) is 18.5. The minimum atomic E-state index is -0.716. The Kier molecular flexibility index (Phi) is 6.04. The summed E-state index contributed by atoms with van der Waals surface area (Å²) in [4.78, 5) is 17.6. The number of benzene rings is 1. The molecular weight excluding hydrogens is 330 g/mol. The Balaban J connectivity index is 1.58. The highest BCUT2D eigenvalue weighted by Gasteiger charge is 2.22. The van der Waals surface area contributed by atoms with Gasteiger partial charge in [-0.05, 0) is 43.2 Å². The summed E-state index contributed by atoms with van der Waals surface area (Å²) in [5.74, 6) is 1.46. The largest absolute Gasteiger partial charge is 0.481 e. The molecule has 6 heteroatoms. The van der Waals surface area contributed by atoms with E-state index in [1.54, 1.807) is 0 Å². The van der Waals surface area contributed by atoms with Crippen molar-refractivity contribution < 1.29 is 14.4 Å². The summed E-state index contributed by atoms with van der Waals surface area (Å²) < 4.78 is 5.44. The molecular formula is C20H27N3O3. The molecule has 1 aromatic heterocycles. The van der Waals surface area contributed by atoms with E-state index in [9.17, 15) is 4.79 Å². The van der Waals surface area contributed by atoms with E-state index < -0.39 is 5.97 Å². The van der Waals surface area contributed by atoms with Gasteiger partial charge in [0.15, 0.2) is 0 Å². The highest BCUT2D eigenvalue weighted by molar-refractivity contribution is 5.66. The molecule has 0 amide bonds. The first-order valence-electron chi connectivity index (χ1n) is 9.38. The maximum Gasteiger partial charge on any atom is 0.303 e. The Morgan fingerprint density at radius 3 is 2.81 bits per heavy atom. The summed E-state index contributed by atoms with van der Waals surface area (Å²) in [6, 6.07) is 8.28. The van der Waals surface area contributed by atoms with Crippen molar-refractivity contribution >= 4 is 5.97 Å². The Morgan fingerprint density at radius 2 is 2.12 bits per heavy atom. The van der Waals surface area contributed by atoms with Gasteiger partial charge in [-0.2, -0.15) is 4.98 Å². The number of carboxylic acid groups (broad SMARTS) is 1. The van der Waals surface area contributed by atoms with Crippen molar-refractivity contribution in [1.82, 2.24) is 15.0 Å². The SMILES string of the molecule is CC(C)c1ccc(-c2noc(CN3CCCC(CCC(=O)O)C3)n2)cc1. The van der Waals surface area contributed by atoms with Crippen molar-refractivity contribution in [2.75, 3.05) is 13.1 Å². The zero-order valence-electron chi connectivity index (χ0n) is 15.5. The average Bonchev–Trinajstić information content (AvgIpc) is 3.09. The van der Waals surface area contributed by atoms with Gasteiger partial charge in [-0.3, -0.25) is 9.69 Å². The average molecular weight is 357 g/mol. The molecule has 1 saturated heterocycles. The lowest BCUT2D eigenvalue weighted by Crippen LogP contribution is -2.35. The second-order valence-corrected chi connectivity index (χ2v) is 7.46. The molecule has 2 heterocycles. The third-order valence-electron chi connectivity index (χ3n) is 5.03. The Hall–Kier alpha value is -2.21. The minimum Gasteiger partial charge on any atom is -0.481 e. The Morgan fingerprint density at radius 1 is 1.35 bits per heavy atom. The van der Waals surface area contributed by atoms with Gasteiger partial charge < -0.3 is 9.63 Å². The van der Waals surface area contributed by atoms with Gasteiger partial charge in [-0.25, -0.2) is 0 Å². The van der Waals surface area contributed by atoms with Crippen LogP contribution in [0.3, 0.4) is 0 Å². The first-order chi connectivity index (χ1) is 12.5. The molecule has 1 aliphatic rings. The van der Waals surface area contributed by atoms with E-state index >= 15 is 0 Å². The van der Waals surface area contributed by atoms with E-state index in [1.165, 1.54) is 5.56 Å². The first-order valence-corrected chi connectivity index (χ1v) is 9.38. The van der Waals surface area contributed by atoms with Crippen molar-refractivity contribution in [3.63, 3.8) is 0 Å². The summed E-state index contributed by atoms with van der Waals surface area (Å²) >= 11 is 0. The highest BCUT2D eigenvalue weighted by atomic mass is 16.5. The number of hydrogen-bond acceptors (Lipinski definition) is 5. The van der Waals surface area contributed by atoms with Crippen LogP contribution >= 0.6 is 0 Å². The fourth-order valence-corrected chi connectivity index (χ4v) is 3.50. The molecule has 1 fully saturated rings. The summed E-state index contributed by atoms with van der Waals surface area (Å²) in [5, 5.41) is 13.0. The van der Waals surface area contributed by atoms with Gasteiger partial charge in [0.05, 0.1) is 6.54 Å². The summed E-state index contributed by atoms with van der Waals surface area (Å²) in [7, 11) is 0. The molecule has 140 valence electrons. The van der Waals surface area contributed by atoms with E-state index in [0.717, 1.165) is 37.9 Å². The number of carboxylic acids is 1. The van der Waals surface area contributed by atoms with Gasteiger partial charge >= 0.3 is 5.97 Å². The fraction of sp³-hybridized carbons (Fsp3) is 0.550.